The SMILES string of the molecule is CCOC(=O)c1cn[nH]c1NC(=O)c1ccc(OC2CCOC2)nc1. The molecule has 0 aromatic carbocycles. The van der Waals surface area contributed by atoms with Crippen molar-refractivity contribution >= 4 is 17.7 Å². The molecule has 3 heterocycles. The molecule has 25 heavy (non-hydrogen) atoms. The molecule has 0 radical (unpaired) electrons. The van der Waals surface area contributed by atoms with Gasteiger partial charge in [-0.05, 0) is 13.0 Å². The molecule has 1 amide bonds. The van der Waals surface area contributed by atoms with E-state index in [-0.39, 0.29) is 24.1 Å². The first-order valence-electron chi connectivity index (χ1n) is 7.89. The van der Waals surface area contributed by atoms with E-state index in [2.05, 4.69) is 20.5 Å². The molecular weight excluding hydrogens is 328 g/mol. The minimum atomic E-state index is -0.563. The zero-order valence-electron chi connectivity index (χ0n) is 13.7. The maximum atomic E-state index is 12.3. The first-order valence-corrected chi connectivity index (χ1v) is 7.89. The van der Waals surface area contributed by atoms with Crippen LogP contribution in [0.15, 0.2) is 24.5 Å². The highest BCUT2D eigenvalue weighted by atomic mass is 16.5. The lowest BCUT2D eigenvalue weighted by molar-refractivity contribution is 0.0527. The summed E-state index contributed by atoms with van der Waals surface area (Å²) in [6.45, 7) is 3.15. The number of carbonyl (C=O) groups is 2. The van der Waals surface area contributed by atoms with Crippen molar-refractivity contribution in [2.75, 3.05) is 25.1 Å². The average molecular weight is 346 g/mol. The van der Waals surface area contributed by atoms with Crippen LogP contribution in [0.1, 0.15) is 34.1 Å². The lowest BCUT2D eigenvalue weighted by Gasteiger charge is -2.11. The Morgan fingerprint density at radius 2 is 2.28 bits per heavy atom. The van der Waals surface area contributed by atoms with Crippen molar-refractivity contribution < 1.29 is 23.8 Å². The van der Waals surface area contributed by atoms with Crippen LogP contribution in [0.25, 0.3) is 0 Å². The van der Waals surface area contributed by atoms with Gasteiger partial charge in [-0.3, -0.25) is 9.89 Å². The molecule has 2 aromatic rings. The average Bonchev–Trinajstić information content (AvgIpc) is 3.27. The summed E-state index contributed by atoms with van der Waals surface area (Å²) in [4.78, 5) is 28.2. The fourth-order valence-corrected chi connectivity index (χ4v) is 2.29. The van der Waals surface area contributed by atoms with Crippen molar-refractivity contribution in [2.24, 2.45) is 0 Å². The van der Waals surface area contributed by atoms with Crippen LogP contribution in [0.4, 0.5) is 5.82 Å². The number of aromatic amines is 1. The second-order valence-electron chi connectivity index (χ2n) is 5.32. The molecule has 1 atom stereocenters. The summed E-state index contributed by atoms with van der Waals surface area (Å²) >= 11 is 0. The summed E-state index contributed by atoms with van der Waals surface area (Å²) in [6.07, 6.45) is 3.51. The molecule has 132 valence electrons. The van der Waals surface area contributed by atoms with Crippen LogP contribution in [0.5, 0.6) is 5.88 Å². The zero-order valence-corrected chi connectivity index (χ0v) is 13.7. The van der Waals surface area contributed by atoms with E-state index in [1.807, 2.05) is 0 Å². The van der Waals surface area contributed by atoms with E-state index in [1.54, 1.807) is 19.1 Å². The zero-order chi connectivity index (χ0) is 17.6. The summed E-state index contributed by atoms with van der Waals surface area (Å²) in [5.74, 6) is -0.391. The largest absolute Gasteiger partial charge is 0.472 e. The van der Waals surface area contributed by atoms with E-state index in [0.29, 0.717) is 24.7 Å². The first kappa shape index (κ1) is 16.9. The molecule has 3 rings (SSSR count). The number of esters is 1. The van der Waals surface area contributed by atoms with Gasteiger partial charge in [-0.1, -0.05) is 0 Å². The Kier molecular flexibility index (Phi) is 5.24. The quantitative estimate of drug-likeness (QED) is 0.760. The third-order valence-corrected chi connectivity index (χ3v) is 3.55. The minimum Gasteiger partial charge on any atom is -0.472 e. The molecule has 1 aliphatic rings. The number of ether oxygens (including phenoxy) is 3. The van der Waals surface area contributed by atoms with Crippen LogP contribution in [-0.4, -0.2) is 53.0 Å². The summed E-state index contributed by atoms with van der Waals surface area (Å²) in [5.41, 5.74) is 0.476. The Morgan fingerprint density at radius 3 is 2.96 bits per heavy atom. The predicted octanol–water partition coefficient (Wildman–Crippen LogP) is 1.40. The summed E-state index contributed by atoms with van der Waals surface area (Å²) in [6, 6.07) is 3.21. The number of pyridine rings is 1. The molecule has 1 unspecified atom stereocenters. The topological polar surface area (TPSA) is 115 Å². The minimum absolute atomic E-state index is 0.00990. The Bertz CT molecular complexity index is 737. The van der Waals surface area contributed by atoms with E-state index in [4.69, 9.17) is 14.2 Å². The second kappa shape index (κ2) is 7.75. The van der Waals surface area contributed by atoms with Crippen LogP contribution in [-0.2, 0) is 9.47 Å². The molecule has 9 heteroatoms. The fourth-order valence-electron chi connectivity index (χ4n) is 2.29. The van der Waals surface area contributed by atoms with Crippen LogP contribution in [0.2, 0.25) is 0 Å². The van der Waals surface area contributed by atoms with Gasteiger partial charge in [0.1, 0.15) is 17.5 Å². The van der Waals surface area contributed by atoms with Gasteiger partial charge in [0.15, 0.2) is 0 Å². The van der Waals surface area contributed by atoms with Crippen LogP contribution in [0.3, 0.4) is 0 Å². The number of hydrogen-bond acceptors (Lipinski definition) is 7. The monoisotopic (exact) mass is 346 g/mol. The van der Waals surface area contributed by atoms with Crippen molar-refractivity contribution in [3.8, 4) is 5.88 Å². The van der Waals surface area contributed by atoms with Crippen LogP contribution < -0.4 is 10.1 Å². The molecule has 0 saturated carbocycles. The second-order valence-corrected chi connectivity index (χ2v) is 5.32. The molecule has 9 nitrogen and oxygen atoms in total. The lowest BCUT2D eigenvalue weighted by atomic mass is 10.2. The summed E-state index contributed by atoms with van der Waals surface area (Å²) in [5, 5.41) is 8.90. The molecule has 0 spiro atoms. The van der Waals surface area contributed by atoms with Gasteiger partial charge in [-0.25, -0.2) is 9.78 Å². The van der Waals surface area contributed by atoms with Gasteiger partial charge in [0, 0.05) is 18.7 Å². The summed E-state index contributed by atoms with van der Waals surface area (Å²) in [7, 11) is 0. The smallest absolute Gasteiger partial charge is 0.343 e. The fraction of sp³-hybridized carbons (Fsp3) is 0.375. The van der Waals surface area contributed by atoms with Gasteiger partial charge >= 0.3 is 5.97 Å². The number of H-pyrrole nitrogens is 1. The first-order chi connectivity index (χ1) is 12.2. The maximum absolute atomic E-state index is 12.3. The molecule has 1 saturated heterocycles. The van der Waals surface area contributed by atoms with E-state index >= 15 is 0 Å². The van der Waals surface area contributed by atoms with Gasteiger partial charge in [0.2, 0.25) is 5.88 Å². The molecular formula is C16H18N4O5. The highest BCUT2D eigenvalue weighted by Gasteiger charge is 2.19. The predicted molar refractivity (Wildman–Crippen MR) is 86.6 cm³/mol. The molecule has 1 aliphatic heterocycles. The van der Waals surface area contributed by atoms with Crippen molar-refractivity contribution in [3.05, 3.63) is 35.7 Å². The van der Waals surface area contributed by atoms with Gasteiger partial charge in [0.05, 0.1) is 31.6 Å². The number of hydrogen-bond donors (Lipinski definition) is 2. The van der Waals surface area contributed by atoms with Gasteiger partial charge in [0.25, 0.3) is 5.91 Å². The Labute approximate surface area is 143 Å². The van der Waals surface area contributed by atoms with Gasteiger partial charge in [-0.15, -0.1) is 0 Å². The van der Waals surface area contributed by atoms with Crippen LogP contribution in [0, 0.1) is 0 Å². The number of aromatic nitrogens is 3. The standard InChI is InChI=1S/C16H18N4O5/c1-2-24-16(22)12-8-18-20-14(12)19-15(21)10-3-4-13(17-7-10)25-11-5-6-23-9-11/h3-4,7-8,11H,2,5-6,9H2,1H3,(H2,18,19,20,21). The number of amides is 1. The Hall–Kier alpha value is -2.94. The van der Waals surface area contributed by atoms with E-state index < -0.39 is 11.9 Å². The molecule has 0 aliphatic carbocycles. The Balaban J connectivity index is 1.63. The van der Waals surface area contributed by atoms with Crippen LogP contribution >= 0.6 is 0 Å². The Morgan fingerprint density at radius 1 is 1.40 bits per heavy atom. The van der Waals surface area contributed by atoms with Crippen molar-refractivity contribution in [2.45, 2.75) is 19.4 Å². The third kappa shape index (κ3) is 4.13. The maximum Gasteiger partial charge on any atom is 0.343 e. The molecule has 1 fully saturated rings. The van der Waals surface area contributed by atoms with E-state index in [9.17, 15) is 9.59 Å². The van der Waals surface area contributed by atoms with Gasteiger partial charge in [-0.2, -0.15) is 5.10 Å². The van der Waals surface area contributed by atoms with E-state index in [1.165, 1.54) is 12.4 Å². The molecule has 2 aromatic heterocycles. The van der Waals surface area contributed by atoms with Gasteiger partial charge < -0.3 is 19.5 Å². The van der Waals surface area contributed by atoms with Crippen molar-refractivity contribution in [3.63, 3.8) is 0 Å². The number of anilines is 1. The summed E-state index contributed by atoms with van der Waals surface area (Å²) < 4.78 is 15.8. The number of nitrogens with one attached hydrogen (secondary N) is 2. The number of nitrogens with zero attached hydrogens (tertiary/aromatic N) is 2. The number of carbonyl (C=O) groups excluding carboxylic acids is 2. The van der Waals surface area contributed by atoms with Crippen molar-refractivity contribution in [1.29, 1.82) is 0 Å². The highest BCUT2D eigenvalue weighted by Crippen LogP contribution is 2.17. The van der Waals surface area contributed by atoms with E-state index in [0.717, 1.165) is 6.42 Å². The van der Waals surface area contributed by atoms with Crippen molar-refractivity contribution in [1.82, 2.24) is 15.2 Å². The third-order valence-electron chi connectivity index (χ3n) is 3.55. The lowest BCUT2D eigenvalue weighted by Crippen LogP contribution is -2.17. The normalized spacial score (nSPS) is 16.4. The highest BCUT2D eigenvalue weighted by molar-refractivity contribution is 6.06. The number of rotatable bonds is 6. The molecule has 2 N–H and O–H groups in total. The molecule has 0 bridgehead atoms.